The van der Waals surface area contributed by atoms with Crippen LogP contribution in [0, 0.1) is 13.8 Å². The van der Waals surface area contributed by atoms with Gasteiger partial charge < -0.3 is 35.9 Å². The number of likely N-dealkylation sites (tertiary alicyclic amines) is 2. The zero-order valence-electron chi connectivity index (χ0n) is 37.1. The van der Waals surface area contributed by atoms with E-state index in [0.29, 0.717) is 83.5 Å². The number of rotatable bonds is 14. The van der Waals surface area contributed by atoms with E-state index >= 15 is 0 Å². The van der Waals surface area contributed by atoms with Crippen molar-refractivity contribution >= 4 is 56.6 Å². The molecule has 2 aliphatic heterocycles. The lowest BCUT2D eigenvalue weighted by atomic mass is 10.1. The molecule has 6 aromatic heterocycles. The van der Waals surface area contributed by atoms with E-state index in [0.717, 1.165) is 35.5 Å². The number of carbonyl (C=O) groups excluding carboxylic acids is 2. The average molecular weight is 951 g/mol. The van der Waals surface area contributed by atoms with Gasteiger partial charge in [-0.1, -0.05) is 0 Å². The molecule has 2 aliphatic rings. The summed E-state index contributed by atoms with van der Waals surface area (Å²) in [7, 11) is 0. The van der Waals surface area contributed by atoms with Crippen LogP contribution in [0.1, 0.15) is 49.7 Å². The van der Waals surface area contributed by atoms with E-state index in [1.165, 1.54) is 12.4 Å². The predicted octanol–water partition coefficient (Wildman–Crippen LogP) is 5.39. The molecule has 0 bridgehead atoms. The fourth-order valence-electron chi connectivity index (χ4n) is 8.32. The Hall–Kier alpha value is -7.44. The van der Waals surface area contributed by atoms with Gasteiger partial charge in [0, 0.05) is 144 Å². The Labute approximate surface area is 389 Å². The summed E-state index contributed by atoms with van der Waals surface area (Å²) in [6, 6.07) is 13.5. The molecule has 0 spiro atoms. The van der Waals surface area contributed by atoms with Crippen LogP contribution in [0.2, 0.25) is 0 Å². The highest BCUT2D eigenvalue weighted by atomic mass is 19.3. The number of aromatic amines is 2. The summed E-state index contributed by atoms with van der Waals surface area (Å²) in [5, 5.41) is 45.3. The number of ketones is 2. The van der Waals surface area contributed by atoms with E-state index in [9.17, 15) is 42.5 Å². The number of β-amino-alcohol motifs (C(OH)–C–C–N with tert-alkyl or cyclic N) is 3. The number of aromatic nitrogens is 10. The number of aryl methyl sites for hydroxylation is 2. The Morgan fingerprint density at radius 3 is 1.58 bits per heavy atom. The normalized spacial score (nSPS) is 17.6. The molecule has 0 radical (unpaired) electrons. The summed E-state index contributed by atoms with van der Waals surface area (Å²) in [6.07, 6.45) is 2.32. The summed E-state index contributed by atoms with van der Waals surface area (Å²) < 4.78 is 55.0. The molecule has 8 heterocycles. The van der Waals surface area contributed by atoms with Crippen molar-refractivity contribution in [2.45, 2.75) is 64.5 Å². The number of hydrogen-bond acceptors (Lipinski definition) is 15. The number of Topliss-reactive ketones (excluding diaryl/α,β-unsaturated/α-hetero) is 2. The molecule has 2 aromatic carbocycles. The van der Waals surface area contributed by atoms with Crippen molar-refractivity contribution in [3.8, 4) is 11.6 Å². The topological polar surface area (TPSA) is 244 Å². The lowest BCUT2D eigenvalue weighted by Gasteiger charge is -2.13. The van der Waals surface area contributed by atoms with Crippen molar-refractivity contribution in [3.05, 3.63) is 119 Å². The van der Waals surface area contributed by atoms with Gasteiger partial charge in [0.05, 0.1) is 29.7 Å². The maximum atomic E-state index is 12.9. The molecule has 8 aromatic rings. The molecule has 0 saturated carbocycles. The minimum absolute atomic E-state index is 0.0617. The maximum Gasteiger partial charge on any atom is 0.300 e. The van der Waals surface area contributed by atoms with Crippen LogP contribution < -0.4 is 10.6 Å². The van der Waals surface area contributed by atoms with Crippen molar-refractivity contribution < 1.29 is 42.5 Å². The molecule has 23 heteroatoms. The number of benzene rings is 2. The Bertz CT molecular complexity index is 3140. The molecule has 10 rings (SSSR count). The van der Waals surface area contributed by atoms with E-state index in [1.54, 1.807) is 70.3 Å². The zero-order chi connectivity index (χ0) is 48.5. The maximum absolute atomic E-state index is 12.9. The third kappa shape index (κ3) is 10.4. The SMILES string of the molecule is Cc1nn(-c2ccnc(Nc3ccc4[nH]cc(C(=O)C(F)F)c4c3)n2)cc1CN1CC[C@@H](O)C1.Cc1nn(-c2ccnc(Nc3ccc4[nH]cc(C(=O)C(F)F)c4c3)n2)cc1CN1C[C@H](O)[C@@H](O)C1. The van der Waals surface area contributed by atoms with Crippen LogP contribution in [-0.4, -0.2) is 143 Å². The van der Waals surface area contributed by atoms with E-state index in [2.05, 4.69) is 55.6 Å². The van der Waals surface area contributed by atoms with Gasteiger partial charge in [-0.25, -0.2) is 36.9 Å². The third-order valence-electron chi connectivity index (χ3n) is 11.9. The number of fused-ring (bicyclic) bond motifs is 2. The van der Waals surface area contributed by atoms with Gasteiger partial charge >= 0.3 is 12.9 Å². The summed E-state index contributed by atoms with van der Waals surface area (Å²) >= 11 is 0. The van der Waals surface area contributed by atoms with Crippen LogP contribution in [0.5, 0.6) is 0 Å². The molecule has 0 aliphatic carbocycles. The van der Waals surface area contributed by atoms with Gasteiger partial charge in [0.15, 0.2) is 11.6 Å². The molecule has 69 heavy (non-hydrogen) atoms. The van der Waals surface area contributed by atoms with Crippen molar-refractivity contribution in [2.75, 3.05) is 36.8 Å². The number of aliphatic hydroxyl groups is 3. The Morgan fingerprint density at radius 1 is 0.681 bits per heavy atom. The van der Waals surface area contributed by atoms with Crippen molar-refractivity contribution in [1.82, 2.24) is 59.3 Å². The van der Waals surface area contributed by atoms with Crippen LogP contribution in [0.15, 0.2) is 85.7 Å². The van der Waals surface area contributed by atoms with Crippen LogP contribution in [-0.2, 0) is 13.1 Å². The monoisotopic (exact) mass is 950 g/mol. The number of nitrogens with one attached hydrogen (secondary N) is 4. The number of hydrogen-bond donors (Lipinski definition) is 7. The highest BCUT2D eigenvalue weighted by molar-refractivity contribution is 6.10. The second-order valence-electron chi connectivity index (χ2n) is 16.9. The first kappa shape index (κ1) is 46.7. The van der Waals surface area contributed by atoms with Gasteiger partial charge in [0.1, 0.15) is 0 Å². The quantitative estimate of drug-likeness (QED) is 0.0534. The highest BCUT2D eigenvalue weighted by Gasteiger charge is 2.30. The lowest BCUT2D eigenvalue weighted by Crippen LogP contribution is -2.22. The summed E-state index contributed by atoms with van der Waals surface area (Å²) in [6.45, 7) is 7.34. The number of nitrogens with zero attached hydrogens (tertiary/aromatic N) is 10. The van der Waals surface area contributed by atoms with Crippen LogP contribution in [0.4, 0.5) is 40.8 Å². The highest BCUT2D eigenvalue weighted by Crippen LogP contribution is 2.28. The second-order valence-corrected chi connectivity index (χ2v) is 16.9. The van der Waals surface area contributed by atoms with Gasteiger partial charge in [0.2, 0.25) is 23.5 Å². The van der Waals surface area contributed by atoms with Crippen LogP contribution >= 0.6 is 0 Å². The number of H-pyrrole nitrogens is 2. The second kappa shape index (κ2) is 19.7. The Balaban J connectivity index is 0.000000172. The van der Waals surface area contributed by atoms with Gasteiger partial charge in [-0.3, -0.25) is 19.4 Å². The molecule has 358 valence electrons. The van der Waals surface area contributed by atoms with Crippen molar-refractivity contribution in [2.24, 2.45) is 0 Å². The van der Waals surface area contributed by atoms with Crippen molar-refractivity contribution in [1.29, 1.82) is 0 Å². The fraction of sp³-hybridized carbons (Fsp3) is 0.304. The first-order chi connectivity index (χ1) is 33.1. The summed E-state index contributed by atoms with van der Waals surface area (Å²) in [4.78, 5) is 50.9. The molecule has 2 fully saturated rings. The van der Waals surface area contributed by atoms with Gasteiger partial charge in [0.25, 0.3) is 0 Å². The lowest BCUT2D eigenvalue weighted by molar-refractivity contribution is 0.0572. The third-order valence-corrected chi connectivity index (χ3v) is 11.9. The molecule has 0 amide bonds. The largest absolute Gasteiger partial charge is 0.392 e. The molecular weight excluding hydrogens is 905 g/mol. The minimum Gasteiger partial charge on any atom is -0.392 e. The number of aliphatic hydroxyl groups excluding tert-OH is 3. The predicted molar refractivity (Wildman–Crippen MR) is 245 cm³/mol. The Kier molecular flexibility index (Phi) is 13.3. The van der Waals surface area contributed by atoms with Gasteiger partial charge in [-0.15, -0.1) is 0 Å². The number of carbonyl (C=O) groups is 2. The van der Waals surface area contributed by atoms with E-state index in [-0.39, 0.29) is 23.2 Å². The molecule has 19 nitrogen and oxygen atoms in total. The van der Waals surface area contributed by atoms with Gasteiger partial charge in [-0.05, 0) is 56.7 Å². The van der Waals surface area contributed by atoms with Crippen LogP contribution in [0.3, 0.4) is 0 Å². The molecular formula is C46H46F4N14O5. The minimum atomic E-state index is -3.09. The standard InChI is InChI=1S/C23H23F2N7O3.C23H23F2N7O2/c1-12-13(8-31-10-18(33)19(34)11-31)9-32(30-12)20-4-5-26-23(29-20)28-14-2-3-17-15(6-14)16(7-27-17)21(35)22(24)25;1-13-14(10-31-7-5-16(33)12-31)11-32(30-13)20-4-6-26-23(29-20)28-15-2-3-19-17(8-15)18(9-27-19)21(34)22(24)25/h2-7,9,18-19,22,27,33-34H,8,10-11H2,1H3,(H,26,28,29);2-4,6,8-9,11,16,22,27,33H,5,7,10,12H2,1H3,(H,26,28,29)/t18-,19-;16-/m01/s1. The average Bonchev–Trinajstić information content (AvgIpc) is 4.21. The molecule has 0 unspecified atom stereocenters. The smallest absolute Gasteiger partial charge is 0.300 e. The first-order valence-electron chi connectivity index (χ1n) is 21.8. The van der Waals surface area contributed by atoms with E-state index < -0.39 is 36.6 Å². The molecule has 7 N–H and O–H groups in total. The summed E-state index contributed by atoms with van der Waals surface area (Å²) in [5.74, 6) is -0.838. The molecule has 2 saturated heterocycles. The fourth-order valence-corrected chi connectivity index (χ4v) is 8.32. The molecule has 3 atom stereocenters. The zero-order valence-corrected chi connectivity index (χ0v) is 37.1. The van der Waals surface area contributed by atoms with E-state index in [4.69, 9.17) is 0 Å². The number of anilines is 4. The van der Waals surface area contributed by atoms with Crippen LogP contribution in [0.25, 0.3) is 33.4 Å². The summed E-state index contributed by atoms with van der Waals surface area (Å²) in [5.41, 5.74) is 5.75. The Morgan fingerprint density at radius 2 is 1.14 bits per heavy atom. The number of alkyl halides is 4. The van der Waals surface area contributed by atoms with Crippen molar-refractivity contribution in [3.63, 3.8) is 0 Å². The number of halogens is 4. The van der Waals surface area contributed by atoms with Gasteiger partial charge in [-0.2, -0.15) is 20.2 Å². The van der Waals surface area contributed by atoms with E-state index in [1.807, 2.05) is 31.1 Å². The first-order valence-corrected chi connectivity index (χ1v) is 21.8.